The zero-order valence-corrected chi connectivity index (χ0v) is 13.2. The quantitative estimate of drug-likeness (QED) is 0.838. The molecule has 0 spiro atoms. The van der Waals surface area contributed by atoms with Crippen molar-refractivity contribution in [3.63, 3.8) is 0 Å². The minimum absolute atomic E-state index is 0.0449. The number of carbonyl (C=O) groups excluding carboxylic acids is 1. The molecule has 0 saturated heterocycles. The van der Waals surface area contributed by atoms with Gasteiger partial charge in [0.15, 0.2) is 5.78 Å². The standard InChI is InChI=1S/C19H22N2O2/c22-18-8-4-1-5-13(18)12-9-17-14(19(23)10-12)11-20-15-6-2-3-7-16(15)21-17/h1,4-5,8,11-12,15-16,21-22H,2-3,6-7,9-10H2/t12-,15-,16-/m1/s1. The Kier molecular flexibility index (Phi) is 3.68. The third-order valence-electron chi connectivity index (χ3n) is 5.37. The van der Waals surface area contributed by atoms with E-state index < -0.39 is 0 Å². The highest BCUT2D eigenvalue weighted by Gasteiger charge is 2.34. The maximum atomic E-state index is 12.6. The molecule has 0 bridgehead atoms. The van der Waals surface area contributed by atoms with Gasteiger partial charge in [-0.3, -0.25) is 9.79 Å². The second-order valence-corrected chi connectivity index (χ2v) is 6.86. The second kappa shape index (κ2) is 5.84. The summed E-state index contributed by atoms with van der Waals surface area (Å²) in [5, 5.41) is 13.7. The molecule has 4 heteroatoms. The van der Waals surface area contributed by atoms with Gasteiger partial charge in [0.2, 0.25) is 0 Å². The number of aliphatic imine (C=N–C) groups is 1. The number of nitrogens with zero attached hydrogens (tertiary/aromatic N) is 1. The number of rotatable bonds is 1. The van der Waals surface area contributed by atoms with E-state index in [1.165, 1.54) is 12.8 Å². The third-order valence-corrected chi connectivity index (χ3v) is 5.37. The number of phenolic OH excluding ortho intramolecular Hbond substituents is 1. The maximum Gasteiger partial charge on any atom is 0.166 e. The molecule has 4 rings (SSSR count). The van der Waals surface area contributed by atoms with Gasteiger partial charge < -0.3 is 10.4 Å². The molecule has 1 aliphatic heterocycles. The van der Waals surface area contributed by atoms with Crippen LogP contribution in [0.15, 0.2) is 40.5 Å². The van der Waals surface area contributed by atoms with E-state index in [0.717, 1.165) is 36.1 Å². The Bertz CT molecular complexity index is 692. The summed E-state index contributed by atoms with van der Waals surface area (Å²) in [6.07, 6.45) is 7.69. The molecular formula is C19H22N2O2. The first-order valence-corrected chi connectivity index (χ1v) is 8.56. The van der Waals surface area contributed by atoms with Crippen molar-refractivity contribution in [3.8, 4) is 5.75 Å². The minimum Gasteiger partial charge on any atom is -0.508 e. The molecule has 23 heavy (non-hydrogen) atoms. The Labute approximate surface area is 136 Å². The molecule has 3 aliphatic rings. The average Bonchev–Trinajstić information content (AvgIpc) is 2.74. The number of phenols is 1. The Morgan fingerprint density at radius 3 is 2.83 bits per heavy atom. The molecule has 0 unspecified atom stereocenters. The number of allylic oxidation sites excluding steroid dienone is 2. The van der Waals surface area contributed by atoms with Crippen LogP contribution >= 0.6 is 0 Å². The van der Waals surface area contributed by atoms with Crippen molar-refractivity contribution in [1.29, 1.82) is 0 Å². The summed E-state index contributed by atoms with van der Waals surface area (Å²) in [5.74, 6) is 0.463. The lowest BCUT2D eigenvalue weighted by molar-refractivity contribution is -0.115. The second-order valence-electron chi connectivity index (χ2n) is 6.86. The van der Waals surface area contributed by atoms with Gasteiger partial charge in [-0.05, 0) is 30.9 Å². The number of hydrogen-bond acceptors (Lipinski definition) is 4. The van der Waals surface area contributed by atoms with Crippen molar-refractivity contribution >= 4 is 12.0 Å². The smallest absolute Gasteiger partial charge is 0.166 e. The molecule has 1 fully saturated rings. The molecule has 1 aromatic rings. The predicted molar refractivity (Wildman–Crippen MR) is 89.8 cm³/mol. The molecular weight excluding hydrogens is 288 g/mol. The Morgan fingerprint density at radius 1 is 1.13 bits per heavy atom. The van der Waals surface area contributed by atoms with Gasteiger partial charge in [0.25, 0.3) is 0 Å². The molecule has 2 N–H and O–H groups in total. The third kappa shape index (κ3) is 2.67. The lowest BCUT2D eigenvalue weighted by atomic mass is 9.81. The molecule has 120 valence electrons. The molecule has 2 aliphatic carbocycles. The van der Waals surface area contributed by atoms with Crippen LogP contribution in [0.2, 0.25) is 0 Å². The van der Waals surface area contributed by atoms with Crippen molar-refractivity contribution in [2.24, 2.45) is 4.99 Å². The predicted octanol–water partition coefficient (Wildman–Crippen LogP) is 3.08. The number of benzene rings is 1. The monoisotopic (exact) mass is 310 g/mol. The fraction of sp³-hybridized carbons (Fsp3) is 0.474. The molecule has 0 radical (unpaired) electrons. The van der Waals surface area contributed by atoms with E-state index >= 15 is 0 Å². The van der Waals surface area contributed by atoms with Crippen LogP contribution in [0.1, 0.15) is 50.0 Å². The summed E-state index contributed by atoms with van der Waals surface area (Å²) in [6, 6.07) is 8.00. The van der Waals surface area contributed by atoms with Gasteiger partial charge in [-0.2, -0.15) is 0 Å². The number of carbonyl (C=O) groups is 1. The Morgan fingerprint density at radius 2 is 1.96 bits per heavy atom. The highest BCUT2D eigenvalue weighted by atomic mass is 16.3. The molecule has 0 amide bonds. The SMILES string of the molecule is O=C1C[C@H](c2ccccc2O)CC2=C1C=N[C@@H]1CCCC[C@H]1N2. The lowest BCUT2D eigenvalue weighted by Gasteiger charge is -2.32. The zero-order chi connectivity index (χ0) is 15.8. The summed E-state index contributed by atoms with van der Waals surface area (Å²) in [7, 11) is 0. The first-order chi connectivity index (χ1) is 11.2. The molecule has 1 heterocycles. The van der Waals surface area contributed by atoms with Gasteiger partial charge in [0.1, 0.15) is 5.75 Å². The number of para-hydroxylation sites is 1. The van der Waals surface area contributed by atoms with Crippen molar-refractivity contribution in [1.82, 2.24) is 5.32 Å². The first kappa shape index (κ1) is 14.5. The van der Waals surface area contributed by atoms with Crippen molar-refractivity contribution in [2.75, 3.05) is 0 Å². The van der Waals surface area contributed by atoms with Gasteiger partial charge in [0, 0.05) is 30.3 Å². The molecule has 4 nitrogen and oxygen atoms in total. The van der Waals surface area contributed by atoms with Crippen LogP contribution in [0.5, 0.6) is 5.75 Å². The summed E-state index contributed by atoms with van der Waals surface area (Å²) in [6.45, 7) is 0. The van der Waals surface area contributed by atoms with Gasteiger partial charge in [-0.25, -0.2) is 0 Å². The van der Waals surface area contributed by atoms with E-state index in [4.69, 9.17) is 0 Å². The van der Waals surface area contributed by atoms with Crippen LogP contribution in [0.4, 0.5) is 0 Å². The van der Waals surface area contributed by atoms with Crippen LogP contribution in [0.25, 0.3) is 0 Å². The molecule has 1 saturated carbocycles. The van der Waals surface area contributed by atoms with Crippen LogP contribution in [-0.2, 0) is 4.79 Å². The van der Waals surface area contributed by atoms with Crippen molar-refractivity contribution in [2.45, 2.75) is 56.5 Å². The number of fused-ring (bicyclic) bond motifs is 1. The first-order valence-electron chi connectivity index (χ1n) is 8.56. The summed E-state index contributed by atoms with van der Waals surface area (Å²) >= 11 is 0. The largest absolute Gasteiger partial charge is 0.508 e. The van der Waals surface area contributed by atoms with Crippen molar-refractivity contribution < 1.29 is 9.90 Å². The number of nitrogens with one attached hydrogen (secondary N) is 1. The van der Waals surface area contributed by atoms with Gasteiger partial charge in [-0.1, -0.05) is 31.0 Å². The van der Waals surface area contributed by atoms with E-state index in [0.29, 0.717) is 18.5 Å². The molecule has 1 aromatic carbocycles. The number of ketones is 1. The fourth-order valence-corrected chi connectivity index (χ4v) is 4.12. The highest BCUT2D eigenvalue weighted by molar-refractivity contribution is 6.15. The van der Waals surface area contributed by atoms with E-state index in [9.17, 15) is 9.90 Å². The molecule has 3 atom stereocenters. The maximum absolute atomic E-state index is 12.6. The highest BCUT2D eigenvalue weighted by Crippen LogP contribution is 2.38. The Hall–Kier alpha value is -2.10. The topological polar surface area (TPSA) is 61.7 Å². The van der Waals surface area contributed by atoms with Crippen LogP contribution in [0, 0.1) is 0 Å². The van der Waals surface area contributed by atoms with Gasteiger partial charge in [-0.15, -0.1) is 0 Å². The number of Topliss-reactive ketones (excluding diaryl/α,β-unsaturated/α-hetero) is 1. The minimum atomic E-state index is 0.0449. The summed E-state index contributed by atoms with van der Waals surface area (Å²) in [5.41, 5.74) is 2.65. The van der Waals surface area contributed by atoms with Crippen LogP contribution in [0.3, 0.4) is 0 Å². The van der Waals surface area contributed by atoms with Crippen LogP contribution < -0.4 is 5.32 Å². The lowest BCUT2D eigenvalue weighted by Crippen LogP contribution is -2.41. The average molecular weight is 310 g/mol. The normalized spacial score (nSPS) is 30.3. The van der Waals surface area contributed by atoms with Gasteiger partial charge in [0.05, 0.1) is 11.6 Å². The van der Waals surface area contributed by atoms with Crippen LogP contribution in [-0.4, -0.2) is 29.2 Å². The van der Waals surface area contributed by atoms with Gasteiger partial charge >= 0.3 is 0 Å². The van der Waals surface area contributed by atoms with E-state index in [1.54, 1.807) is 6.07 Å². The zero-order valence-electron chi connectivity index (χ0n) is 13.2. The summed E-state index contributed by atoms with van der Waals surface area (Å²) in [4.78, 5) is 17.3. The summed E-state index contributed by atoms with van der Waals surface area (Å²) < 4.78 is 0. The number of hydrogen-bond donors (Lipinski definition) is 2. The van der Waals surface area contributed by atoms with E-state index in [-0.39, 0.29) is 17.5 Å². The molecule has 0 aromatic heterocycles. The fourth-order valence-electron chi connectivity index (χ4n) is 4.12. The van der Waals surface area contributed by atoms with E-state index in [2.05, 4.69) is 10.3 Å². The van der Waals surface area contributed by atoms with Crippen molar-refractivity contribution in [3.05, 3.63) is 41.1 Å². The number of aromatic hydroxyl groups is 1. The Balaban J connectivity index is 1.64. The van der Waals surface area contributed by atoms with E-state index in [1.807, 2.05) is 24.4 Å².